The fourth-order valence-corrected chi connectivity index (χ4v) is 3.93. The molecule has 1 saturated heterocycles. The number of carboxylic acid groups (broad SMARTS) is 1. The molecule has 1 aliphatic rings. The number of hydrogen-bond donors (Lipinski definition) is 2. The van der Waals surface area contributed by atoms with Gasteiger partial charge in [0, 0.05) is 38.9 Å². The lowest BCUT2D eigenvalue weighted by Crippen LogP contribution is -2.44. The van der Waals surface area contributed by atoms with Crippen LogP contribution < -0.4 is 15.6 Å². The van der Waals surface area contributed by atoms with Crippen LogP contribution in [0.25, 0.3) is 10.9 Å². The number of nitrogens with zero attached hydrogens (tertiary/aromatic N) is 2. The Bertz CT molecular complexity index is 1280. The van der Waals surface area contributed by atoms with E-state index in [4.69, 9.17) is 0 Å². The van der Waals surface area contributed by atoms with E-state index in [1.54, 1.807) is 0 Å². The Hall–Kier alpha value is -3.47. The second-order valence-corrected chi connectivity index (χ2v) is 7.65. The summed E-state index contributed by atoms with van der Waals surface area (Å²) in [6.07, 6.45) is -3.62. The maximum atomic E-state index is 15.7. The Kier molecular flexibility index (Phi) is 5.83. The van der Waals surface area contributed by atoms with Gasteiger partial charge >= 0.3 is 12.1 Å². The van der Waals surface area contributed by atoms with Crippen molar-refractivity contribution in [1.29, 1.82) is 0 Å². The Morgan fingerprint density at radius 2 is 1.73 bits per heavy atom. The largest absolute Gasteiger partial charge is 0.477 e. The highest BCUT2D eigenvalue weighted by Gasteiger charge is 2.30. The number of aromatic nitrogens is 1. The fourth-order valence-electron chi connectivity index (χ4n) is 3.93. The van der Waals surface area contributed by atoms with Gasteiger partial charge in [-0.05, 0) is 23.8 Å². The summed E-state index contributed by atoms with van der Waals surface area (Å²) in [6, 6.07) is 4.85. The van der Waals surface area contributed by atoms with Gasteiger partial charge in [0.15, 0.2) is 5.82 Å². The highest BCUT2D eigenvalue weighted by atomic mass is 19.4. The van der Waals surface area contributed by atoms with Crippen LogP contribution in [0, 0.1) is 11.6 Å². The molecule has 0 radical (unpaired) electrons. The summed E-state index contributed by atoms with van der Waals surface area (Å²) in [6.45, 7) is 1.38. The lowest BCUT2D eigenvalue weighted by atomic mass is 10.1. The second-order valence-electron chi connectivity index (χ2n) is 7.65. The number of carbonyl (C=O) groups is 1. The normalized spacial score (nSPS) is 14.6. The van der Waals surface area contributed by atoms with Gasteiger partial charge < -0.3 is 19.9 Å². The molecule has 0 atom stereocenters. The van der Waals surface area contributed by atoms with Crippen molar-refractivity contribution in [2.24, 2.45) is 0 Å². The summed E-state index contributed by atoms with van der Waals surface area (Å²) in [7, 11) is 0. The lowest BCUT2D eigenvalue weighted by Gasteiger charge is -2.30. The van der Waals surface area contributed by atoms with Crippen molar-refractivity contribution in [3.8, 4) is 0 Å². The molecule has 174 valence electrons. The second kappa shape index (κ2) is 8.47. The standard InChI is InChI=1S/C22H18F5N3O3/c23-16-9-14-18(17(24)19(16)29-7-5-28-6-8-29)30(11-15(20(14)31)21(32)33)10-12-1-3-13(4-2-12)22(25,26)27/h1-4,9,11,28H,5-8,10H2,(H,32,33). The molecule has 4 rings (SSSR count). The summed E-state index contributed by atoms with van der Waals surface area (Å²) in [5.41, 5.74) is -2.99. The van der Waals surface area contributed by atoms with E-state index in [1.807, 2.05) is 0 Å². The molecule has 33 heavy (non-hydrogen) atoms. The molecule has 1 aromatic heterocycles. The minimum Gasteiger partial charge on any atom is -0.477 e. The molecular weight excluding hydrogens is 449 g/mol. The number of nitrogens with one attached hydrogen (secondary N) is 1. The average molecular weight is 467 g/mol. The summed E-state index contributed by atoms with van der Waals surface area (Å²) >= 11 is 0. The minimum absolute atomic E-state index is 0.237. The van der Waals surface area contributed by atoms with E-state index in [1.165, 1.54) is 17.0 Å². The van der Waals surface area contributed by atoms with E-state index in [9.17, 15) is 32.3 Å². The number of halogens is 5. The predicted octanol–water partition coefficient (Wildman–Crippen LogP) is 3.45. The molecule has 0 unspecified atom stereocenters. The third kappa shape index (κ3) is 4.28. The molecule has 2 aromatic carbocycles. The van der Waals surface area contributed by atoms with Crippen LogP contribution >= 0.6 is 0 Å². The van der Waals surface area contributed by atoms with E-state index >= 15 is 4.39 Å². The van der Waals surface area contributed by atoms with Crippen molar-refractivity contribution >= 4 is 22.6 Å². The Labute approximate surface area is 183 Å². The van der Waals surface area contributed by atoms with Gasteiger partial charge in [0.25, 0.3) is 0 Å². The van der Waals surface area contributed by atoms with Crippen LogP contribution in [0.5, 0.6) is 0 Å². The van der Waals surface area contributed by atoms with Crippen LogP contribution in [0.3, 0.4) is 0 Å². The van der Waals surface area contributed by atoms with E-state index in [0.29, 0.717) is 31.7 Å². The number of carboxylic acids is 1. The molecule has 0 bridgehead atoms. The van der Waals surface area contributed by atoms with Crippen LogP contribution in [0.2, 0.25) is 0 Å². The summed E-state index contributed by atoms with van der Waals surface area (Å²) in [4.78, 5) is 25.7. The van der Waals surface area contributed by atoms with E-state index in [-0.39, 0.29) is 17.7 Å². The molecule has 1 aliphatic heterocycles. The van der Waals surface area contributed by atoms with Gasteiger partial charge in [-0.1, -0.05) is 12.1 Å². The molecule has 0 saturated carbocycles. The number of benzene rings is 2. The Balaban J connectivity index is 1.90. The highest BCUT2D eigenvalue weighted by Crippen LogP contribution is 2.32. The molecule has 6 nitrogen and oxygen atoms in total. The number of pyridine rings is 1. The first kappa shape index (κ1) is 22.7. The monoisotopic (exact) mass is 467 g/mol. The molecule has 0 spiro atoms. The third-order valence-electron chi connectivity index (χ3n) is 5.53. The molecule has 1 fully saturated rings. The van der Waals surface area contributed by atoms with Gasteiger partial charge in [0.2, 0.25) is 5.43 Å². The number of aromatic carboxylic acids is 1. The predicted molar refractivity (Wildman–Crippen MR) is 111 cm³/mol. The van der Waals surface area contributed by atoms with E-state index < -0.39 is 45.7 Å². The number of rotatable bonds is 4. The molecule has 2 N–H and O–H groups in total. The van der Waals surface area contributed by atoms with Crippen LogP contribution in [-0.2, 0) is 12.7 Å². The first-order valence-electron chi connectivity index (χ1n) is 9.98. The highest BCUT2D eigenvalue weighted by molar-refractivity contribution is 5.94. The maximum Gasteiger partial charge on any atom is 0.416 e. The van der Waals surface area contributed by atoms with Gasteiger partial charge in [-0.15, -0.1) is 0 Å². The zero-order chi connectivity index (χ0) is 23.9. The smallest absolute Gasteiger partial charge is 0.416 e. The van der Waals surface area contributed by atoms with Crippen LogP contribution in [0.4, 0.5) is 27.6 Å². The number of alkyl halides is 3. The van der Waals surface area contributed by atoms with Crippen molar-refractivity contribution < 1.29 is 31.9 Å². The van der Waals surface area contributed by atoms with Gasteiger partial charge in [-0.25, -0.2) is 13.6 Å². The van der Waals surface area contributed by atoms with Crippen molar-refractivity contribution in [2.75, 3.05) is 31.1 Å². The molecule has 3 aromatic rings. The van der Waals surface area contributed by atoms with Gasteiger partial charge in [0.1, 0.15) is 17.1 Å². The zero-order valence-corrected chi connectivity index (χ0v) is 17.0. The molecular formula is C22H18F5N3O3. The zero-order valence-electron chi connectivity index (χ0n) is 17.0. The van der Waals surface area contributed by atoms with Crippen molar-refractivity contribution in [3.63, 3.8) is 0 Å². The SMILES string of the molecule is O=C(O)c1cn(Cc2ccc(C(F)(F)F)cc2)c2c(F)c(N3CCNCC3)c(F)cc2c1=O. The Morgan fingerprint density at radius 3 is 2.30 bits per heavy atom. The number of anilines is 1. The van der Waals surface area contributed by atoms with Crippen molar-refractivity contribution in [1.82, 2.24) is 9.88 Å². The summed E-state index contributed by atoms with van der Waals surface area (Å²) in [5.74, 6) is -3.62. The molecule has 0 amide bonds. The van der Waals surface area contributed by atoms with Crippen molar-refractivity contribution in [2.45, 2.75) is 12.7 Å². The maximum absolute atomic E-state index is 15.7. The first-order valence-corrected chi connectivity index (χ1v) is 9.98. The van der Waals surface area contributed by atoms with Crippen molar-refractivity contribution in [3.05, 3.63) is 75.1 Å². The van der Waals surface area contributed by atoms with Gasteiger partial charge in [-0.2, -0.15) is 13.2 Å². The summed E-state index contributed by atoms with van der Waals surface area (Å²) in [5, 5.41) is 12.0. The van der Waals surface area contributed by atoms with Gasteiger partial charge in [-0.3, -0.25) is 4.79 Å². The van der Waals surface area contributed by atoms with Crippen LogP contribution in [-0.4, -0.2) is 41.8 Å². The lowest BCUT2D eigenvalue weighted by molar-refractivity contribution is -0.137. The molecule has 11 heteroatoms. The molecule has 2 heterocycles. The fraction of sp³-hybridized carbons (Fsp3) is 0.273. The van der Waals surface area contributed by atoms with Crippen LogP contribution in [0.1, 0.15) is 21.5 Å². The number of piperazine rings is 1. The summed E-state index contributed by atoms with van der Waals surface area (Å²) < 4.78 is 70.2. The van der Waals surface area contributed by atoms with E-state index in [2.05, 4.69) is 5.32 Å². The average Bonchev–Trinajstić information content (AvgIpc) is 2.76. The van der Waals surface area contributed by atoms with Gasteiger partial charge in [0.05, 0.1) is 16.5 Å². The third-order valence-corrected chi connectivity index (χ3v) is 5.53. The topological polar surface area (TPSA) is 74.6 Å². The minimum atomic E-state index is -4.54. The molecule has 0 aliphatic carbocycles. The number of fused-ring (bicyclic) bond motifs is 1. The van der Waals surface area contributed by atoms with E-state index in [0.717, 1.165) is 29.0 Å². The number of hydrogen-bond acceptors (Lipinski definition) is 4. The van der Waals surface area contributed by atoms with Crippen LogP contribution in [0.15, 0.2) is 41.3 Å². The Morgan fingerprint density at radius 1 is 1.09 bits per heavy atom. The first-order chi connectivity index (χ1) is 15.6. The quantitative estimate of drug-likeness (QED) is 0.575.